The third kappa shape index (κ3) is 3.16. The van der Waals surface area contributed by atoms with E-state index in [2.05, 4.69) is 0 Å². The Labute approximate surface area is 104 Å². The summed E-state index contributed by atoms with van der Waals surface area (Å²) in [6.07, 6.45) is 0.158. The second kappa shape index (κ2) is 5.77. The van der Waals surface area contributed by atoms with Crippen molar-refractivity contribution < 1.29 is 24.5 Å². The highest BCUT2D eigenvalue weighted by Gasteiger charge is 2.29. The molecule has 18 heavy (non-hydrogen) atoms. The van der Waals surface area contributed by atoms with Crippen LogP contribution in [0, 0.1) is 0 Å². The van der Waals surface area contributed by atoms with Gasteiger partial charge in [-0.2, -0.15) is 0 Å². The number of aliphatic hydroxyl groups is 1. The summed E-state index contributed by atoms with van der Waals surface area (Å²) < 4.78 is 10.9. The zero-order valence-electron chi connectivity index (χ0n) is 9.60. The molecule has 0 bridgehead atoms. The normalized spacial score (nSPS) is 28.4. The Morgan fingerprint density at radius 2 is 2.06 bits per heavy atom. The van der Waals surface area contributed by atoms with Crippen molar-refractivity contribution in [3.8, 4) is 0 Å². The number of aliphatic hydroxyl groups excluding tert-OH is 1. The van der Waals surface area contributed by atoms with Gasteiger partial charge in [-0.3, -0.25) is 0 Å². The van der Waals surface area contributed by atoms with E-state index in [0.29, 0.717) is 0 Å². The van der Waals surface area contributed by atoms with Gasteiger partial charge in [0.1, 0.15) is 12.2 Å². The zero-order chi connectivity index (χ0) is 13.0. The molecular formula is C13H14O5. The molecule has 0 spiro atoms. The van der Waals surface area contributed by atoms with Crippen LogP contribution in [0.5, 0.6) is 0 Å². The van der Waals surface area contributed by atoms with Crippen LogP contribution in [0.2, 0.25) is 0 Å². The van der Waals surface area contributed by atoms with Crippen molar-refractivity contribution in [3.05, 3.63) is 48.0 Å². The smallest absolute Gasteiger partial charge is 0.328 e. The summed E-state index contributed by atoms with van der Waals surface area (Å²) in [6, 6.07) is 9.29. The van der Waals surface area contributed by atoms with E-state index >= 15 is 0 Å². The first kappa shape index (κ1) is 12.8. The standard InChI is InChI=1S/C13H14O5/c14-10-8-17-13(9-4-2-1-3-5-9)18-11(10)6-7-12(15)16/h1-7,10-11,13-14H,8H2,(H,15,16)/b7-6+/t10-,11+,13?/m1/s1. The molecule has 5 heteroatoms. The van der Waals surface area contributed by atoms with Crippen molar-refractivity contribution in [2.45, 2.75) is 18.5 Å². The molecule has 1 aromatic carbocycles. The topological polar surface area (TPSA) is 76.0 Å². The summed E-state index contributed by atoms with van der Waals surface area (Å²) in [4.78, 5) is 10.4. The minimum atomic E-state index is -1.08. The predicted octanol–water partition coefficient (Wildman–Crippen LogP) is 1.10. The summed E-state index contributed by atoms with van der Waals surface area (Å²) in [6.45, 7) is 0.105. The Balaban J connectivity index is 2.07. The Morgan fingerprint density at radius 3 is 2.72 bits per heavy atom. The lowest BCUT2D eigenvalue weighted by molar-refractivity contribution is -0.243. The molecule has 96 valence electrons. The van der Waals surface area contributed by atoms with E-state index in [1.54, 1.807) is 0 Å². The maximum Gasteiger partial charge on any atom is 0.328 e. The minimum absolute atomic E-state index is 0.105. The zero-order valence-corrected chi connectivity index (χ0v) is 9.60. The molecule has 0 saturated carbocycles. The van der Waals surface area contributed by atoms with Gasteiger partial charge in [0.2, 0.25) is 0 Å². The van der Waals surface area contributed by atoms with E-state index < -0.39 is 24.5 Å². The highest BCUT2D eigenvalue weighted by molar-refractivity contribution is 5.79. The van der Waals surface area contributed by atoms with Gasteiger partial charge in [0.25, 0.3) is 0 Å². The van der Waals surface area contributed by atoms with E-state index in [4.69, 9.17) is 14.6 Å². The lowest BCUT2D eigenvalue weighted by Gasteiger charge is -2.32. The highest BCUT2D eigenvalue weighted by Crippen LogP contribution is 2.26. The molecule has 1 saturated heterocycles. The molecule has 0 aromatic heterocycles. The predicted molar refractivity (Wildman–Crippen MR) is 62.8 cm³/mol. The summed E-state index contributed by atoms with van der Waals surface area (Å²) in [5.74, 6) is -1.08. The summed E-state index contributed by atoms with van der Waals surface area (Å²) in [5, 5.41) is 18.2. The van der Waals surface area contributed by atoms with Gasteiger partial charge in [-0.25, -0.2) is 4.79 Å². The summed E-state index contributed by atoms with van der Waals surface area (Å²) in [5.41, 5.74) is 0.832. The number of aliphatic carboxylic acids is 1. The molecule has 1 heterocycles. The Hall–Kier alpha value is -1.69. The van der Waals surface area contributed by atoms with Gasteiger partial charge in [0.15, 0.2) is 6.29 Å². The Kier molecular flexibility index (Phi) is 4.09. The third-order valence-electron chi connectivity index (χ3n) is 2.58. The molecule has 1 aliphatic rings. The number of carboxylic acid groups (broad SMARTS) is 1. The van der Waals surface area contributed by atoms with E-state index in [9.17, 15) is 9.90 Å². The number of hydrogen-bond acceptors (Lipinski definition) is 4. The maximum atomic E-state index is 10.4. The molecule has 0 amide bonds. The second-order valence-electron chi connectivity index (χ2n) is 3.94. The van der Waals surface area contributed by atoms with Crippen molar-refractivity contribution in [2.75, 3.05) is 6.61 Å². The van der Waals surface area contributed by atoms with Gasteiger partial charge in [0.05, 0.1) is 6.61 Å². The van der Waals surface area contributed by atoms with Crippen LogP contribution in [-0.2, 0) is 14.3 Å². The van der Waals surface area contributed by atoms with Crippen LogP contribution in [0.3, 0.4) is 0 Å². The molecule has 1 fully saturated rings. The summed E-state index contributed by atoms with van der Waals surface area (Å²) in [7, 11) is 0. The van der Waals surface area contributed by atoms with Gasteiger partial charge in [-0.15, -0.1) is 0 Å². The lowest BCUT2D eigenvalue weighted by Crippen LogP contribution is -2.39. The largest absolute Gasteiger partial charge is 0.478 e. The Bertz CT molecular complexity index is 428. The second-order valence-corrected chi connectivity index (χ2v) is 3.94. The molecule has 3 atom stereocenters. The van der Waals surface area contributed by atoms with E-state index in [0.717, 1.165) is 11.6 Å². The van der Waals surface area contributed by atoms with Crippen molar-refractivity contribution in [1.82, 2.24) is 0 Å². The average molecular weight is 250 g/mol. The number of hydrogen-bond donors (Lipinski definition) is 2. The van der Waals surface area contributed by atoms with Gasteiger partial charge in [-0.1, -0.05) is 30.3 Å². The van der Waals surface area contributed by atoms with Crippen LogP contribution in [-0.4, -0.2) is 35.0 Å². The van der Waals surface area contributed by atoms with Crippen LogP contribution < -0.4 is 0 Å². The fourth-order valence-electron chi connectivity index (χ4n) is 1.69. The van der Waals surface area contributed by atoms with E-state index in [1.165, 1.54) is 6.08 Å². The highest BCUT2D eigenvalue weighted by atomic mass is 16.7. The molecule has 2 rings (SSSR count). The van der Waals surface area contributed by atoms with E-state index in [-0.39, 0.29) is 6.61 Å². The first-order valence-electron chi connectivity index (χ1n) is 5.58. The fraction of sp³-hybridized carbons (Fsp3) is 0.308. The van der Waals surface area contributed by atoms with Crippen molar-refractivity contribution in [2.24, 2.45) is 0 Å². The summed E-state index contributed by atoms with van der Waals surface area (Å²) >= 11 is 0. The van der Waals surface area contributed by atoms with Gasteiger partial charge >= 0.3 is 5.97 Å². The van der Waals surface area contributed by atoms with Gasteiger partial charge < -0.3 is 19.7 Å². The minimum Gasteiger partial charge on any atom is -0.478 e. The van der Waals surface area contributed by atoms with Crippen molar-refractivity contribution >= 4 is 5.97 Å². The fourth-order valence-corrected chi connectivity index (χ4v) is 1.69. The SMILES string of the molecule is O=C(O)/C=C/[C@@H]1OC(c2ccccc2)OC[C@H]1O. The maximum absolute atomic E-state index is 10.4. The van der Waals surface area contributed by atoms with E-state index in [1.807, 2.05) is 30.3 Å². The number of benzene rings is 1. The first-order valence-corrected chi connectivity index (χ1v) is 5.58. The molecule has 1 aromatic rings. The number of carboxylic acids is 1. The van der Waals surface area contributed by atoms with Crippen LogP contribution in [0.1, 0.15) is 11.9 Å². The van der Waals surface area contributed by atoms with Gasteiger partial charge in [0, 0.05) is 11.6 Å². The molecule has 5 nitrogen and oxygen atoms in total. The molecule has 0 aliphatic carbocycles. The molecule has 2 N–H and O–H groups in total. The Morgan fingerprint density at radius 1 is 1.33 bits per heavy atom. The number of rotatable bonds is 3. The van der Waals surface area contributed by atoms with Crippen LogP contribution >= 0.6 is 0 Å². The number of ether oxygens (including phenoxy) is 2. The molecule has 0 radical (unpaired) electrons. The lowest BCUT2D eigenvalue weighted by atomic mass is 10.1. The quantitative estimate of drug-likeness (QED) is 0.786. The van der Waals surface area contributed by atoms with Crippen molar-refractivity contribution in [3.63, 3.8) is 0 Å². The van der Waals surface area contributed by atoms with Crippen LogP contribution in [0.4, 0.5) is 0 Å². The number of carbonyl (C=O) groups is 1. The van der Waals surface area contributed by atoms with Gasteiger partial charge in [-0.05, 0) is 6.08 Å². The molecule has 1 unspecified atom stereocenters. The average Bonchev–Trinajstić information content (AvgIpc) is 2.38. The monoisotopic (exact) mass is 250 g/mol. The molecular weight excluding hydrogens is 236 g/mol. The van der Waals surface area contributed by atoms with Crippen LogP contribution in [0.15, 0.2) is 42.5 Å². The van der Waals surface area contributed by atoms with Crippen molar-refractivity contribution in [1.29, 1.82) is 0 Å². The molecule has 1 aliphatic heterocycles. The third-order valence-corrected chi connectivity index (χ3v) is 2.58. The van der Waals surface area contributed by atoms with Crippen LogP contribution in [0.25, 0.3) is 0 Å². The first-order chi connectivity index (χ1) is 8.66.